The first kappa shape index (κ1) is 21.4. The minimum absolute atomic E-state index is 0.0187. The van der Waals surface area contributed by atoms with Gasteiger partial charge in [0.05, 0.1) is 12.1 Å². The summed E-state index contributed by atoms with van der Waals surface area (Å²) in [5.74, 6) is 1.34. The third kappa shape index (κ3) is 4.74. The number of carbonyl (C=O) groups is 1. The van der Waals surface area contributed by atoms with Crippen LogP contribution in [-0.2, 0) is 4.74 Å². The second kappa shape index (κ2) is 9.09. The number of aromatic nitrogens is 2. The van der Waals surface area contributed by atoms with Crippen LogP contribution in [0.25, 0.3) is 0 Å². The van der Waals surface area contributed by atoms with Gasteiger partial charge in [-0.25, -0.2) is 9.78 Å². The molecule has 1 unspecified atom stereocenters. The lowest BCUT2D eigenvalue weighted by Crippen LogP contribution is -2.44. The van der Waals surface area contributed by atoms with Gasteiger partial charge < -0.3 is 19.9 Å². The van der Waals surface area contributed by atoms with Crippen molar-refractivity contribution in [3.05, 3.63) is 42.1 Å². The van der Waals surface area contributed by atoms with E-state index in [-0.39, 0.29) is 24.1 Å². The molecule has 1 aromatic heterocycles. The van der Waals surface area contributed by atoms with Gasteiger partial charge in [0.15, 0.2) is 0 Å². The summed E-state index contributed by atoms with van der Waals surface area (Å²) in [6.45, 7) is 10.9. The zero-order valence-corrected chi connectivity index (χ0v) is 18.8. The number of anilines is 3. The molecule has 166 valence electrons. The minimum atomic E-state index is -0.351. The van der Waals surface area contributed by atoms with E-state index in [0.717, 1.165) is 31.7 Å². The lowest BCUT2D eigenvalue weighted by molar-refractivity contribution is 0.177. The Morgan fingerprint density at radius 3 is 2.45 bits per heavy atom. The normalized spacial score (nSPS) is 20.8. The Morgan fingerprint density at radius 1 is 1.06 bits per heavy atom. The molecule has 2 fully saturated rings. The molecule has 8 heteroatoms. The number of cyclic esters (lactones) is 1. The van der Waals surface area contributed by atoms with Crippen LogP contribution in [-0.4, -0.2) is 66.8 Å². The standard InChI is InChI=1S/C23H32N6O2/c1-16(2)20-15-31-23(30)29(20)21-9-10-24-22(26-21)25-17(3)18-5-7-19(8-6-18)28-13-11-27(4)12-14-28/h5-10,16-17,20H,11-15H2,1-4H3,(H,24,25,26)/t17?,20-/m1/s1. The number of hydrogen-bond acceptors (Lipinski definition) is 7. The third-order valence-corrected chi connectivity index (χ3v) is 6.17. The van der Waals surface area contributed by atoms with E-state index in [2.05, 4.69) is 77.2 Å². The predicted molar refractivity (Wildman–Crippen MR) is 123 cm³/mol. The van der Waals surface area contributed by atoms with Gasteiger partial charge in [-0.1, -0.05) is 26.0 Å². The number of rotatable bonds is 6. The molecule has 2 saturated heterocycles. The van der Waals surface area contributed by atoms with E-state index in [9.17, 15) is 4.79 Å². The first-order valence-corrected chi connectivity index (χ1v) is 11.0. The molecule has 1 amide bonds. The number of nitrogens with zero attached hydrogens (tertiary/aromatic N) is 5. The number of piperazine rings is 1. The van der Waals surface area contributed by atoms with Crippen molar-refractivity contribution in [3.63, 3.8) is 0 Å². The van der Waals surface area contributed by atoms with Crippen LogP contribution in [0.3, 0.4) is 0 Å². The highest BCUT2D eigenvalue weighted by molar-refractivity contribution is 5.89. The lowest BCUT2D eigenvalue weighted by Gasteiger charge is -2.34. The molecule has 8 nitrogen and oxygen atoms in total. The molecular weight excluding hydrogens is 392 g/mol. The molecule has 4 rings (SSSR count). The number of benzene rings is 1. The van der Waals surface area contributed by atoms with Crippen molar-refractivity contribution in [1.82, 2.24) is 14.9 Å². The Hall–Kier alpha value is -2.87. The summed E-state index contributed by atoms with van der Waals surface area (Å²) in [6.07, 6.45) is 1.33. The number of carbonyl (C=O) groups excluding carboxylic acids is 1. The molecule has 2 atom stereocenters. The van der Waals surface area contributed by atoms with Gasteiger partial charge in [-0.3, -0.25) is 4.90 Å². The average molecular weight is 425 g/mol. The van der Waals surface area contributed by atoms with E-state index in [1.54, 1.807) is 17.2 Å². The monoisotopic (exact) mass is 424 g/mol. The number of hydrogen-bond donors (Lipinski definition) is 1. The van der Waals surface area contributed by atoms with Crippen LogP contribution in [0.15, 0.2) is 36.5 Å². The van der Waals surface area contributed by atoms with Crippen LogP contribution in [0, 0.1) is 5.92 Å². The van der Waals surface area contributed by atoms with Crippen LogP contribution >= 0.6 is 0 Å². The highest BCUT2D eigenvalue weighted by Gasteiger charge is 2.37. The topological polar surface area (TPSA) is 73.8 Å². The largest absolute Gasteiger partial charge is 0.447 e. The van der Waals surface area contributed by atoms with Gasteiger partial charge in [0.2, 0.25) is 5.95 Å². The van der Waals surface area contributed by atoms with E-state index < -0.39 is 0 Å². The molecule has 0 spiro atoms. The van der Waals surface area contributed by atoms with Crippen molar-refractivity contribution < 1.29 is 9.53 Å². The van der Waals surface area contributed by atoms with Gasteiger partial charge in [0.1, 0.15) is 12.4 Å². The minimum Gasteiger partial charge on any atom is -0.447 e. The van der Waals surface area contributed by atoms with Crippen LogP contribution in [0.2, 0.25) is 0 Å². The number of amides is 1. The SMILES string of the molecule is CC(Nc1nccc(N2C(=O)OC[C@@H]2C(C)C)n1)c1ccc(N2CCN(C)CC2)cc1. The van der Waals surface area contributed by atoms with E-state index in [0.29, 0.717) is 18.4 Å². The number of ether oxygens (including phenoxy) is 1. The van der Waals surface area contributed by atoms with Crippen LogP contribution in [0.4, 0.5) is 22.2 Å². The van der Waals surface area contributed by atoms with Crippen molar-refractivity contribution in [1.29, 1.82) is 0 Å². The average Bonchev–Trinajstić information content (AvgIpc) is 3.16. The van der Waals surface area contributed by atoms with Crippen molar-refractivity contribution in [2.75, 3.05) is 55.0 Å². The Balaban J connectivity index is 1.43. The summed E-state index contributed by atoms with van der Waals surface area (Å²) in [5, 5.41) is 3.36. The summed E-state index contributed by atoms with van der Waals surface area (Å²) in [7, 11) is 2.17. The van der Waals surface area contributed by atoms with Crippen molar-refractivity contribution in [2.24, 2.45) is 5.92 Å². The molecule has 2 aromatic rings. The van der Waals surface area contributed by atoms with Crippen LogP contribution < -0.4 is 15.1 Å². The maximum absolute atomic E-state index is 12.2. The third-order valence-electron chi connectivity index (χ3n) is 6.17. The Morgan fingerprint density at radius 2 is 1.77 bits per heavy atom. The fourth-order valence-corrected chi connectivity index (χ4v) is 4.06. The Bertz CT molecular complexity index is 895. The molecule has 1 aromatic carbocycles. The van der Waals surface area contributed by atoms with Gasteiger partial charge >= 0.3 is 6.09 Å². The van der Waals surface area contributed by atoms with Crippen molar-refractivity contribution in [3.8, 4) is 0 Å². The smallest absolute Gasteiger partial charge is 0.415 e. The summed E-state index contributed by atoms with van der Waals surface area (Å²) >= 11 is 0. The fourth-order valence-electron chi connectivity index (χ4n) is 4.06. The van der Waals surface area contributed by atoms with Gasteiger partial charge in [-0.2, -0.15) is 4.98 Å². The Labute approximate surface area is 184 Å². The second-order valence-electron chi connectivity index (χ2n) is 8.74. The van der Waals surface area contributed by atoms with Crippen molar-refractivity contribution >= 4 is 23.5 Å². The molecule has 0 radical (unpaired) electrons. The number of nitrogens with one attached hydrogen (secondary N) is 1. The predicted octanol–water partition coefficient (Wildman–Crippen LogP) is 3.38. The van der Waals surface area contributed by atoms with Gasteiger partial charge in [-0.15, -0.1) is 0 Å². The van der Waals surface area contributed by atoms with Crippen molar-refractivity contribution in [2.45, 2.75) is 32.9 Å². The maximum Gasteiger partial charge on any atom is 0.415 e. The Kier molecular flexibility index (Phi) is 6.27. The molecule has 2 aliphatic heterocycles. The van der Waals surface area contributed by atoms with E-state index in [4.69, 9.17) is 4.74 Å². The van der Waals surface area contributed by atoms with Crippen LogP contribution in [0.1, 0.15) is 32.4 Å². The first-order valence-electron chi connectivity index (χ1n) is 11.0. The maximum atomic E-state index is 12.2. The summed E-state index contributed by atoms with van der Waals surface area (Å²) in [4.78, 5) is 27.6. The summed E-state index contributed by atoms with van der Waals surface area (Å²) in [6, 6.07) is 10.4. The quantitative estimate of drug-likeness (QED) is 0.762. The van der Waals surface area contributed by atoms with E-state index >= 15 is 0 Å². The highest BCUT2D eigenvalue weighted by atomic mass is 16.6. The molecule has 3 heterocycles. The molecular formula is C23H32N6O2. The van der Waals surface area contributed by atoms with Crippen LogP contribution in [0.5, 0.6) is 0 Å². The molecule has 1 N–H and O–H groups in total. The zero-order valence-electron chi connectivity index (χ0n) is 18.8. The van der Waals surface area contributed by atoms with Gasteiger partial charge in [0, 0.05) is 38.1 Å². The first-order chi connectivity index (χ1) is 14.9. The second-order valence-corrected chi connectivity index (χ2v) is 8.74. The number of likely N-dealkylation sites (N-methyl/N-ethyl adjacent to an activating group) is 1. The van der Waals surface area contributed by atoms with Gasteiger partial charge in [0.25, 0.3) is 0 Å². The van der Waals surface area contributed by atoms with Gasteiger partial charge in [-0.05, 0) is 43.7 Å². The molecule has 0 aliphatic carbocycles. The zero-order chi connectivity index (χ0) is 22.0. The highest BCUT2D eigenvalue weighted by Crippen LogP contribution is 2.27. The molecule has 0 bridgehead atoms. The molecule has 0 saturated carbocycles. The van der Waals surface area contributed by atoms with E-state index in [1.807, 2.05) is 0 Å². The molecule has 2 aliphatic rings. The fraction of sp³-hybridized carbons (Fsp3) is 0.522. The summed E-state index contributed by atoms with van der Waals surface area (Å²) < 4.78 is 5.25. The lowest BCUT2D eigenvalue weighted by atomic mass is 10.0. The summed E-state index contributed by atoms with van der Waals surface area (Å²) in [5.41, 5.74) is 2.42. The molecule has 31 heavy (non-hydrogen) atoms. The van der Waals surface area contributed by atoms with E-state index in [1.165, 1.54) is 5.69 Å².